The average Bonchev–Trinajstić information content (AvgIpc) is 3.67. The van der Waals surface area contributed by atoms with Gasteiger partial charge in [0.25, 0.3) is 0 Å². The molecule has 45 heavy (non-hydrogen) atoms. The lowest BCUT2D eigenvalue weighted by molar-refractivity contribution is 0.107. The predicted molar refractivity (Wildman–Crippen MR) is 169 cm³/mol. The van der Waals surface area contributed by atoms with Crippen LogP contribution >= 0.6 is 0 Å². The van der Waals surface area contributed by atoms with Gasteiger partial charge in [-0.05, 0) is 78.7 Å². The highest BCUT2D eigenvalue weighted by Gasteiger charge is 2.50. The van der Waals surface area contributed by atoms with E-state index in [1.165, 1.54) is 0 Å². The second kappa shape index (κ2) is 10.1. The Morgan fingerprint density at radius 2 is 2.04 bits per heavy atom. The molecule has 4 aromatic rings. The number of benzene rings is 3. The van der Waals surface area contributed by atoms with Crippen molar-refractivity contribution in [3.63, 3.8) is 0 Å². The summed E-state index contributed by atoms with van der Waals surface area (Å²) in [6.45, 7) is 4.77. The third kappa shape index (κ3) is 4.21. The lowest BCUT2D eigenvalue weighted by atomic mass is 9.92. The van der Waals surface area contributed by atoms with Crippen LogP contribution in [0.15, 0.2) is 36.4 Å². The maximum absolute atomic E-state index is 17.1. The number of phenols is 1. The van der Waals surface area contributed by atoms with Crippen LogP contribution in [-0.4, -0.2) is 82.7 Å². The first kappa shape index (κ1) is 27.5. The van der Waals surface area contributed by atoms with Crippen molar-refractivity contribution in [2.45, 2.75) is 75.3 Å². The van der Waals surface area contributed by atoms with Crippen LogP contribution < -0.4 is 19.7 Å². The van der Waals surface area contributed by atoms with Gasteiger partial charge in [-0.25, -0.2) is 8.78 Å². The number of anilines is 1. The van der Waals surface area contributed by atoms with Crippen molar-refractivity contribution in [3.05, 3.63) is 47.8 Å². The number of hydrogen-bond acceptors (Lipinski definition) is 8. The molecule has 234 valence electrons. The first-order valence-corrected chi connectivity index (χ1v) is 16.4. The molecule has 5 atom stereocenters. The molecule has 2 N–H and O–H groups in total. The number of nitrogens with zero attached hydrogens (tertiary/aromatic N) is 4. The molecule has 0 radical (unpaired) electrons. The summed E-state index contributed by atoms with van der Waals surface area (Å²) < 4.78 is 44.5. The SMILES string of the molecule is CCc1cccc2cc(O)cc(-c3cc4c5c(nc(OC[C@]67CCCN6C[C@H](F)C7)nc5c3F)N3CC5CC[C@H](N5)[C@@H]3CO4)c12. The van der Waals surface area contributed by atoms with E-state index in [1.54, 1.807) is 18.2 Å². The Morgan fingerprint density at radius 1 is 1.13 bits per heavy atom. The third-order valence-electron chi connectivity index (χ3n) is 11.0. The number of phenolic OH excluding ortho intramolecular Hbond substituents is 1. The van der Waals surface area contributed by atoms with E-state index in [0.29, 0.717) is 53.7 Å². The maximum Gasteiger partial charge on any atom is 0.319 e. The van der Waals surface area contributed by atoms with E-state index >= 15 is 4.39 Å². The highest BCUT2D eigenvalue weighted by Crippen LogP contribution is 2.47. The highest BCUT2D eigenvalue weighted by molar-refractivity contribution is 6.05. The Kier molecular flexibility index (Phi) is 6.20. The van der Waals surface area contributed by atoms with Crippen LogP contribution in [0.5, 0.6) is 17.5 Å². The molecule has 0 spiro atoms. The third-order valence-corrected chi connectivity index (χ3v) is 11.0. The van der Waals surface area contributed by atoms with Crippen molar-refractivity contribution >= 4 is 27.5 Å². The number of aryl methyl sites for hydroxylation is 1. The van der Waals surface area contributed by atoms with E-state index < -0.39 is 12.0 Å². The molecule has 0 amide bonds. The lowest BCUT2D eigenvalue weighted by Crippen LogP contribution is -2.60. The fourth-order valence-corrected chi connectivity index (χ4v) is 8.95. The Morgan fingerprint density at radius 3 is 2.93 bits per heavy atom. The van der Waals surface area contributed by atoms with Gasteiger partial charge in [0.2, 0.25) is 0 Å². The Bertz CT molecular complexity index is 1850. The Labute approximate surface area is 260 Å². The second-order valence-electron chi connectivity index (χ2n) is 13.6. The molecule has 10 heteroatoms. The number of halogens is 2. The minimum Gasteiger partial charge on any atom is -0.508 e. The van der Waals surface area contributed by atoms with Crippen LogP contribution in [0.3, 0.4) is 0 Å². The van der Waals surface area contributed by atoms with Crippen molar-refractivity contribution in [2.24, 2.45) is 0 Å². The summed E-state index contributed by atoms with van der Waals surface area (Å²) in [5.41, 5.74) is 1.71. The molecule has 8 nitrogen and oxygen atoms in total. The van der Waals surface area contributed by atoms with Gasteiger partial charge in [-0.15, -0.1) is 0 Å². The zero-order chi connectivity index (χ0) is 30.4. The number of hydrogen-bond donors (Lipinski definition) is 2. The first-order chi connectivity index (χ1) is 21.9. The molecule has 0 saturated carbocycles. The number of alkyl halides is 1. The van der Waals surface area contributed by atoms with Crippen molar-refractivity contribution < 1.29 is 23.4 Å². The highest BCUT2D eigenvalue weighted by atomic mass is 19.1. The molecular weight excluding hydrogens is 576 g/mol. The standard InChI is InChI=1S/C35H37F2N5O3/c1-2-19-5-3-6-20-11-23(43)12-24(29(19)20)25-13-28-30-32(31(25)37)39-34(45-18-35-9-4-10-41(35)15-21(36)14-35)40-33(30)42-16-22-7-8-26(38-22)27(42)17-44-28/h3,5-6,11-13,21-22,26-27,38,43H,2,4,7-10,14-18H2,1H3/t21-,22?,26+,27+,35-/m1/s1. The minimum absolute atomic E-state index is 0.0213. The van der Waals surface area contributed by atoms with E-state index in [9.17, 15) is 9.50 Å². The van der Waals surface area contributed by atoms with Crippen LogP contribution in [0.4, 0.5) is 14.6 Å². The van der Waals surface area contributed by atoms with Crippen molar-refractivity contribution in [1.29, 1.82) is 0 Å². The fraction of sp³-hybridized carbons (Fsp3) is 0.486. The van der Waals surface area contributed by atoms with Crippen LogP contribution in [0.2, 0.25) is 0 Å². The number of ether oxygens (including phenoxy) is 2. The molecular formula is C35H37F2N5O3. The van der Waals surface area contributed by atoms with Gasteiger partial charge >= 0.3 is 6.01 Å². The van der Waals surface area contributed by atoms with E-state index in [4.69, 9.17) is 19.4 Å². The molecule has 9 rings (SSSR count). The monoisotopic (exact) mass is 613 g/mol. The van der Waals surface area contributed by atoms with Crippen molar-refractivity contribution in [2.75, 3.05) is 37.7 Å². The molecule has 2 bridgehead atoms. The number of aromatic hydroxyl groups is 1. The second-order valence-corrected chi connectivity index (χ2v) is 13.6. The van der Waals surface area contributed by atoms with Gasteiger partial charge in [-0.1, -0.05) is 25.1 Å². The zero-order valence-corrected chi connectivity index (χ0v) is 25.4. The largest absolute Gasteiger partial charge is 0.508 e. The summed E-state index contributed by atoms with van der Waals surface area (Å²) >= 11 is 0. The summed E-state index contributed by atoms with van der Waals surface area (Å²) in [5, 5.41) is 16.7. The van der Waals surface area contributed by atoms with Gasteiger partial charge in [-0.3, -0.25) is 4.90 Å². The number of aromatic nitrogens is 2. The number of fused-ring (bicyclic) bond motifs is 7. The van der Waals surface area contributed by atoms with Crippen LogP contribution in [0.1, 0.15) is 44.6 Å². The normalized spacial score (nSPS) is 28.7. The quantitative estimate of drug-likeness (QED) is 0.305. The Hall–Kier alpha value is -3.76. The molecule has 0 aliphatic carbocycles. The molecule has 5 aliphatic rings. The van der Waals surface area contributed by atoms with Gasteiger partial charge in [0.15, 0.2) is 5.82 Å². The molecule has 4 saturated heterocycles. The smallest absolute Gasteiger partial charge is 0.319 e. The van der Waals surface area contributed by atoms with E-state index in [-0.39, 0.29) is 41.5 Å². The van der Waals surface area contributed by atoms with Crippen LogP contribution in [-0.2, 0) is 6.42 Å². The van der Waals surface area contributed by atoms with E-state index in [0.717, 1.165) is 61.5 Å². The fourth-order valence-electron chi connectivity index (χ4n) is 8.95. The van der Waals surface area contributed by atoms with Crippen molar-refractivity contribution in [1.82, 2.24) is 20.2 Å². The average molecular weight is 614 g/mol. The molecule has 3 aromatic carbocycles. The minimum atomic E-state index is -0.877. The zero-order valence-electron chi connectivity index (χ0n) is 25.4. The lowest BCUT2D eigenvalue weighted by Gasteiger charge is -2.40. The summed E-state index contributed by atoms with van der Waals surface area (Å²) in [5.74, 6) is 0.703. The van der Waals surface area contributed by atoms with E-state index in [1.807, 2.05) is 18.2 Å². The van der Waals surface area contributed by atoms with E-state index in [2.05, 4.69) is 22.0 Å². The van der Waals surface area contributed by atoms with Crippen LogP contribution in [0, 0.1) is 5.82 Å². The van der Waals surface area contributed by atoms with Crippen LogP contribution in [0.25, 0.3) is 32.8 Å². The molecule has 1 unspecified atom stereocenters. The van der Waals surface area contributed by atoms with Gasteiger partial charge < -0.3 is 24.8 Å². The summed E-state index contributed by atoms with van der Waals surface area (Å²) in [6, 6.07) is 11.7. The topological polar surface area (TPSA) is 83.0 Å². The number of nitrogens with one attached hydrogen (secondary N) is 1. The summed E-state index contributed by atoms with van der Waals surface area (Å²) in [6.07, 6.45) is 4.28. The first-order valence-electron chi connectivity index (χ1n) is 16.4. The van der Waals surface area contributed by atoms with Gasteiger partial charge in [-0.2, -0.15) is 9.97 Å². The van der Waals surface area contributed by atoms with Crippen molar-refractivity contribution in [3.8, 4) is 28.6 Å². The predicted octanol–water partition coefficient (Wildman–Crippen LogP) is 5.51. The molecule has 1 aromatic heterocycles. The summed E-state index contributed by atoms with van der Waals surface area (Å²) in [7, 11) is 0. The number of rotatable bonds is 5. The van der Waals surface area contributed by atoms with Gasteiger partial charge in [0.05, 0.1) is 17.0 Å². The van der Waals surface area contributed by atoms with Gasteiger partial charge in [0.1, 0.15) is 42.2 Å². The van der Waals surface area contributed by atoms with Gasteiger partial charge in [0, 0.05) is 37.2 Å². The summed E-state index contributed by atoms with van der Waals surface area (Å²) in [4.78, 5) is 14.1. The molecule has 6 heterocycles. The Balaban J connectivity index is 1.24. The maximum atomic E-state index is 17.1. The molecule has 5 aliphatic heterocycles. The molecule has 4 fully saturated rings. The number of piperazine rings is 1.